The summed E-state index contributed by atoms with van der Waals surface area (Å²) in [5, 5.41) is 3.25. The van der Waals surface area contributed by atoms with Crippen molar-refractivity contribution in [2.75, 3.05) is 19.7 Å². The Bertz CT molecular complexity index is 554. The Balaban J connectivity index is 1.17. The number of likely N-dealkylation sites (tertiary alicyclic amines) is 1. The van der Waals surface area contributed by atoms with Gasteiger partial charge in [0.25, 0.3) is 0 Å². The number of nitrogens with one attached hydrogen (secondary N) is 1. The van der Waals surface area contributed by atoms with Crippen LogP contribution in [-0.4, -0.2) is 42.6 Å². The van der Waals surface area contributed by atoms with Crippen LogP contribution in [0.15, 0.2) is 30.3 Å². The number of piperidine rings is 1. The summed E-state index contributed by atoms with van der Waals surface area (Å²) in [5.74, 6) is 1.39. The van der Waals surface area contributed by atoms with E-state index in [-0.39, 0.29) is 5.91 Å². The standard InChI is InChI=1S/C20H28N2O2/c23-20(21-18-13-19-17(18)8-11-24-19)12-15-6-9-22(10-7-15)14-16-4-2-1-3-5-16/h1-5,15,17-19H,6-14H2,(H,21,23)/t17-,18+,19+/m1/s1. The number of ether oxygens (including phenoxy) is 1. The Hall–Kier alpha value is -1.39. The van der Waals surface area contributed by atoms with Crippen molar-refractivity contribution in [2.45, 2.75) is 50.8 Å². The van der Waals surface area contributed by atoms with Gasteiger partial charge in [-0.25, -0.2) is 0 Å². The van der Waals surface area contributed by atoms with Crippen LogP contribution in [0.3, 0.4) is 0 Å². The average molecular weight is 328 g/mol. The molecule has 0 radical (unpaired) electrons. The molecule has 2 heterocycles. The van der Waals surface area contributed by atoms with E-state index in [1.54, 1.807) is 0 Å². The number of fused-ring (bicyclic) bond motifs is 1. The predicted molar refractivity (Wildman–Crippen MR) is 93.5 cm³/mol. The molecular formula is C20H28N2O2. The van der Waals surface area contributed by atoms with E-state index in [2.05, 4.69) is 40.5 Å². The number of hydrogen-bond acceptors (Lipinski definition) is 3. The first-order valence-corrected chi connectivity index (χ1v) is 9.45. The molecule has 1 aromatic carbocycles. The van der Waals surface area contributed by atoms with Crippen LogP contribution in [0, 0.1) is 11.8 Å². The Morgan fingerprint density at radius 2 is 1.96 bits per heavy atom. The first-order chi connectivity index (χ1) is 11.8. The van der Waals surface area contributed by atoms with Crippen molar-refractivity contribution in [3.05, 3.63) is 35.9 Å². The highest BCUT2D eigenvalue weighted by Gasteiger charge is 2.45. The highest BCUT2D eigenvalue weighted by Crippen LogP contribution is 2.38. The fraction of sp³-hybridized carbons (Fsp3) is 0.650. The van der Waals surface area contributed by atoms with E-state index in [1.807, 2.05) is 0 Å². The average Bonchev–Trinajstić information content (AvgIpc) is 2.97. The van der Waals surface area contributed by atoms with Gasteiger partial charge in [0, 0.05) is 31.5 Å². The molecule has 130 valence electrons. The van der Waals surface area contributed by atoms with E-state index in [4.69, 9.17) is 4.74 Å². The molecule has 4 heteroatoms. The van der Waals surface area contributed by atoms with Crippen molar-refractivity contribution < 1.29 is 9.53 Å². The third kappa shape index (κ3) is 3.65. The van der Waals surface area contributed by atoms with Gasteiger partial charge in [0.2, 0.25) is 5.91 Å². The molecule has 1 N–H and O–H groups in total. The van der Waals surface area contributed by atoms with Crippen LogP contribution in [0.25, 0.3) is 0 Å². The largest absolute Gasteiger partial charge is 0.378 e. The maximum Gasteiger partial charge on any atom is 0.220 e. The third-order valence-electron chi connectivity index (χ3n) is 6.04. The maximum atomic E-state index is 12.3. The number of hydrogen-bond donors (Lipinski definition) is 1. The van der Waals surface area contributed by atoms with Crippen LogP contribution in [0.2, 0.25) is 0 Å². The monoisotopic (exact) mass is 328 g/mol. The minimum Gasteiger partial charge on any atom is -0.378 e. The van der Waals surface area contributed by atoms with Gasteiger partial charge in [0.05, 0.1) is 6.10 Å². The second kappa shape index (κ2) is 7.24. The van der Waals surface area contributed by atoms with Crippen molar-refractivity contribution in [3.8, 4) is 0 Å². The van der Waals surface area contributed by atoms with Gasteiger partial charge >= 0.3 is 0 Å². The molecule has 3 aliphatic rings. The molecule has 1 aliphatic carbocycles. The normalized spacial score (nSPS) is 30.6. The number of amides is 1. The summed E-state index contributed by atoms with van der Waals surface area (Å²) in [6.45, 7) is 4.12. The number of carbonyl (C=O) groups is 1. The van der Waals surface area contributed by atoms with Crippen molar-refractivity contribution in [1.82, 2.24) is 10.2 Å². The van der Waals surface area contributed by atoms with E-state index in [1.165, 1.54) is 5.56 Å². The lowest BCUT2D eigenvalue weighted by Gasteiger charge is -2.39. The van der Waals surface area contributed by atoms with E-state index in [9.17, 15) is 4.79 Å². The minimum atomic E-state index is 0.256. The first-order valence-electron chi connectivity index (χ1n) is 9.45. The van der Waals surface area contributed by atoms with Crippen LogP contribution in [0.5, 0.6) is 0 Å². The highest BCUT2D eigenvalue weighted by molar-refractivity contribution is 5.76. The molecule has 1 amide bonds. The summed E-state index contributed by atoms with van der Waals surface area (Å²) in [4.78, 5) is 14.8. The van der Waals surface area contributed by atoms with Crippen molar-refractivity contribution in [2.24, 2.45) is 11.8 Å². The van der Waals surface area contributed by atoms with Crippen LogP contribution in [0.4, 0.5) is 0 Å². The zero-order valence-electron chi connectivity index (χ0n) is 14.3. The fourth-order valence-corrected chi connectivity index (χ4v) is 4.48. The molecule has 0 spiro atoms. The number of rotatable bonds is 5. The summed E-state index contributed by atoms with van der Waals surface area (Å²) in [7, 11) is 0. The third-order valence-corrected chi connectivity index (χ3v) is 6.04. The molecule has 4 rings (SSSR count). The van der Waals surface area contributed by atoms with Gasteiger partial charge < -0.3 is 10.1 Å². The lowest BCUT2D eigenvalue weighted by atomic mass is 9.76. The van der Waals surface area contributed by atoms with Gasteiger partial charge in [-0.15, -0.1) is 0 Å². The van der Waals surface area contributed by atoms with Crippen molar-refractivity contribution >= 4 is 5.91 Å². The second-order valence-corrected chi connectivity index (χ2v) is 7.68. The molecule has 2 saturated heterocycles. The van der Waals surface area contributed by atoms with Crippen LogP contribution in [-0.2, 0) is 16.1 Å². The molecule has 3 atom stereocenters. The molecule has 2 aliphatic heterocycles. The minimum absolute atomic E-state index is 0.256. The van der Waals surface area contributed by atoms with Crippen molar-refractivity contribution in [3.63, 3.8) is 0 Å². The number of benzene rings is 1. The summed E-state index contributed by atoms with van der Waals surface area (Å²) in [5.41, 5.74) is 1.38. The van der Waals surface area contributed by atoms with Gasteiger partial charge in [-0.3, -0.25) is 9.69 Å². The van der Waals surface area contributed by atoms with E-state index >= 15 is 0 Å². The maximum absolute atomic E-state index is 12.3. The number of nitrogens with zero attached hydrogens (tertiary/aromatic N) is 1. The summed E-state index contributed by atoms with van der Waals surface area (Å²) in [6.07, 6.45) is 5.55. The van der Waals surface area contributed by atoms with Crippen molar-refractivity contribution in [1.29, 1.82) is 0 Å². The molecule has 4 nitrogen and oxygen atoms in total. The molecule has 0 unspecified atom stereocenters. The van der Waals surface area contributed by atoms with Gasteiger partial charge in [-0.05, 0) is 50.3 Å². The quantitative estimate of drug-likeness (QED) is 0.903. The lowest BCUT2D eigenvalue weighted by molar-refractivity contribution is -0.125. The summed E-state index contributed by atoms with van der Waals surface area (Å²) >= 11 is 0. The van der Waals surface area contributed by atoms with E-state index in [0.717, 1.165) is 51.9 Å². The van der Waals surface area contributed by atoms with Gasteiger partial charge in [-0.1, -0.05) is 30.3 Å². The zero-order valence-corrected chi connectivity index (χ0v) is 14.3. The lowest BCUT2D eigenvalue weighted by Crippen LogP contribution is -2.53. The van der Waals surface area contributed by atoms with Gasteiger partial charge in [-0.2, -0.15) is 0 Å². The smallest absolute Gasteiger partial charge is 0.220 e. The first kappa shape index (κ1) is 16.1. The highest BCUT2D eigenvalue weighted by atomic mass is 16.5. The molecule has 1 saturated carbocycles. The molecular weight excluding hydrogens is 300 g/mol. The SMILES string of the molecule is O=C(CC1CCN(Cc2ccccc2)CC1)N[C@H]1C[C@@H]2OCC[C@H]12. The number of carbonyl (C=O) groups excluding carboxylic acids is 1. The summed E-state index contributed by atoms with van der Waals surface area (Å²) in [6, 6.07) is 11.0. The Kier molecular flexibility index (Phi) is 4.86. The second-order valence-electron chi connectivity index (χ2n) is 7.68. The zero-order chi connectivity index (χ0) is 16.4. The molecule has 3 fully saturated rings. The molecule has 0 bridgehead atoms. The van der Waals surface area contributed by atoms with Gasteiger partial charge in [0.15, 0.2) is 0 Å². The van der Waals surface area contributed by atoms with Crippen LogP contribution < -0.4 is 5.32 Å². The van der Waals surface area contributed by atoms with Gasteiger partial charge in [0.1, 0.15) is 0 Å². The van der Waals surface area contributed by atoms with E-state index in [0.29, 0.717) is 30.4 Å². The van der Waals surface area contributed by atoms with E-state index < -0.39 is 0 Å². The van der Waals surface area contributed by atoms with Crippen LogP contribution in [0.1, 0.15) is 37.7 Å². The fourth-order valence-electron chi connectivity index (χ4n) is 4.48. The topological polar surface area (TPSA) is 41.6 Å². The summed E-state index contributed by atoms with van der Waals surface area (Å²) < 4.78 is 5.62. The van der Waals surface area contributed by atoms with Crippen LogP contribution >= 0.6 is 0 Å². The molecule has 1 aromatic rings. The molecule has 0 aromatic heterocycles. The Morgan fingerprint density at radius 3 is 2.71 bits per heavy atom. The Labute approximate surface area is 144 Å². The predicted octanol–water partition coefficient (Wildman–Crippen LogP) is 2.58. The Morgan fingerprint density at radius 1 is 1.17 bits per heavy atom. The molecule has 24 heavy (non-hydrogen) atoms.